The first-order valence-corrected chi connectivity index (χ1v) is 5.80. The van der Waals surface area contributed by atoms with E-state index in [1.165, 1.54) is 12.2 Å². The van der Waals surface area contributed by atoms with Gasteiger partial charge in [-0.25, -0.2) is 0 Å². The van der Waals surface area contributed by atoms with Gasteiger partial charge in [0.25, 0.3) is 0 Å². The number of hydrogen-bond donors (Lipinski definition) is 0. The number of carbonyl (C=O) groups is 1. The van der Waals surface area contributed by atoms with Gasteiger partial charge in [-0.2, -0.15) is 8.78 Å². The van der Waals surface area contributed by atoms with Crippen LogP contribution in [0.5, 0.6) is 0 Å². The SMILES string of the molecule is O=CC12C=CC(OC(F)F)=C(OCC3CC3)C1O2. The molecule has 0 N–H and O–H groups in total. The van der Waals surface area contributed by atoms with Crippen LogP contribution in [-0.2, 0) is 19.0 Å². The highest BCUT2D eigenvalue weighted by atomic mass is 19.3. The van der Waals surface area contributed by atoms with Gasteiger partial charge in [0.2, 0.25) is 0 Å². The summed E-state index contributed by atoms with van der Waals surface area (Å²) < 4.78 is 39.6. The second-order valence-corrected chi connectivity index (χ2v) is 4.66. The van der Waals surface area contributed by atoms with Crippen molar-refractivity contribution in [1.29, 1.82) is 0 Å². The van der Waals surface area contributed by atoms with E-state index in [0.29, 0.717) is 18.8 Å². The maximum atomic E-state index is 12.3. The number of alkyl halides is 2. The van der Waals surface area contributed by atoms with Crippen molar-refractivity contribution >= 4 is 6.29 Å². The van der Waals surface area contributed by atoms with Crippen LogP contribution in [0.1, 0.15) is 12.8 Å². The van der Waals surface area contributed by atoms with Crippen LogP contribution < -0.4 is 0 Å². The lowest BCUT2D eigenvalue weighted by molar-refractivity contribution is -0.110. The van der Waals surface area contributed by atoms with E-state index in [1.54, 1.807) is 0 Å². The van der Waals surface area contributed by atoms with Crippen LogP contribution in [0.4, 0.5) is 8.78 Å². The lowest BCUT2D eigenvalue weighted by Gasteiger charge is -2.16. The molecule has 3 rings (SSSR count). The van der Waals surface area contributed by atoms with E-state index in [0.717, 1.165) is 12.8 Å². The molecule has 0 bridgehead atoms. The Kier molecular flexibility index (Phi) is 2.62. The summed E-state index contributed by atoms with van der Waals surface area (Å²) in [6, 6.07) is 0. The fraction of sp³-hybridized carbons (Fsp3) is 0.583. The lowest BCUT2D eigenvalue weighted by Crippen LogP contribution is -2.22. The zero-order chi connectivity index (χ0) is 12.8. The summed E-state index contributed by atoms with van der Waals surface area (Å²) in [5, 5.41) is 0. The molecule has 1 saturated heterocycles. The van der Waals surface area contributed by atoms with E-state index in [-0.39, 0.29) is 11.5 Å². The van der Waals surface area contributed by atoms with Gasteiger partial charge >= 0.3 is 6.61 Å². The molecule has 0 spiro atoms. The summed E-state index contributed by atoms with van der Waals surface area (Å²) in [6.07, 6.45) is 4.93. The van der Waals surface area contributed by atoms with Crippen LogP contribution in [0.15, 0.2) is 23.7 Å². The summed E-state index contributed by atoms with van der Waals surface area (Å²) in [4.78, 5) is 10.9. The molecular weight excluding hydrogens is 246 g/mol. The van der Waals surface area contributed by atoms with Crippen molar-refractivity contribution in [2.24, 2.45) is 5.92 Å². The standard InChI is InChI=1S/C12H12F2O4/c13-11(14)17-8-3-4-12(6-15)10(18-12)9(8)16-5-7-1-2-7/h3-4,6-7,10-11H,1-2,5H2. The van der Waals surface area contributed by atoms with Gasteiger partial charge < -0.3 is 14.2 Å². The van der Waals surface area contributed by atoms with Crippen molar-refractivity contribution in [3.05, 3.63) is 23.7 Å². The van der Waals surface area contributed by atoms with E-state index in [9.17, 15) is 13.6 Å². The van der Waals surface area contributed by atoms with Gasteiger partial charge in [-0.15, -0.1) is 0 Å². The summed E-state index contributed by atoms with van der Waals surface area (Å²) >= 11 is 0. The van der Waals surface area contributed by atoms with Crippen LogP contribution in [0.2, 0.25) is 0 Å². The van der Waals surface area contributed by atoms with Crippen molar-refractivity contribution in [3.8, 4) is 0 Å². The van der Waals surface area contributed by atoms with Crippen LogP contribution >= 0.6 is 0 Å². The van der Waals surface area contributed by atoms with Crippen LogP contribution in [0.3, 0.4) is 0 Å². The van der Waals surface area contributed by atoms with Gasteiger partial charge in [0, 0.05) is 0 Å². The molecule has 6 heteroatoms. The zero-order valence-corrected chi connectivity index (χ0v) is 9.47. The van der Waals surface area contributed by atoms with E-state index >= 15 is 0 Å². The number of ether oxygens (including phenoxy) is 3. The Bertz CT molecular complexity index is 428. The fourth-order valence-corrected chi connectivity index (χ4v) is 1.93. The third-order valence-corrected chi connectivity index (χ3v) is 3.22. The number of aldehydes is 1. The van der Waals surface area contributed by atoms with Gasteiger partial charge in [0.15, 0.2) is 29.5 Å². The third kappa shape index (κ3) is 2.01. The Hall–Kier alpha value is -1.43. The number of allylic oxidation sites excluding steroid dienone is 1. The van der Waals surface area contributed by atoms with Gasteiger partial charge in [-0.1, -0.05) is 0 Å². The van der Waals surface area contributed by atoms with Gasteiger partial charge in [0.1, 0.15) is 0 Å². The van der Waals surface area contributed by atoms with Crippen molar-refractivity contribution in [1.82, 2.24) is 0 Å². The largest absolute Gasteiger partial charge is 0.491 e. The molecule has 3 aliphatic rings. The number of epoxide rings is 1. The van der Waals surface area contributed by atoms with Crippen LogP contribution in [0, 0.1) is 5.92 Å². The highest BCUT2D eigenvalue weighted by Crippen LogP contribution is 2.46. The minimum Gasteiger partial charge on any atom is -0.491 e. The Labute approximate surface area is 102 Å². The van der Waals surface area contributed by atoms with Crippen molar-refractivity contribution in [3.63, 3.8) is 0 Å². The molecule has 1 saturated carbocycles. The van der Waals surface area contributed by atoms with E-state index < -0.39 is 18.3 Å². The van der Waals surface area contributed by atoms with Crippen molar-refractivity contribution in [2.45, 2.75) is 31.2 Å². The smallest absolute Gasteiger partial charge is 0.387 e. The Balaban J connectivity index is 1.77. The molecular formula is C12H12F2O4. The summed E-state index contributed by atoms with van der Waals surface area (Å²) in [5.74, 6) is 0.628. The molecule has 18 heavy (non-hydrogen) atoms. The molecule has 2 unspecified atom stereocenters. The predicted molar refractivity (Wildman–Crippen MR) is 55.6 cm³/mol. The minimum absolute atomic E-state index is 0.0503. The van der Waals surface area contributed by atoms with Crippen LogP contribution in [-0.4, -0.2) is 31.2 Å². The molecule has 98 valence electrons. The normalized spacial score (nSPS) is 33.4. The molecule has 1 aliphatic heterocycles. The molecule has 0 aromatic carbocycles. The maximum absolute atomic E-state index is 12.3. The predicted octanol–water partition coefficient (Wildman–Crippen LogP) is 1.77. The molecule has 1 heterocycles. The van der Waals surface area contributed by atoms with Gasteiger partial charge in [-0.3, -0.25) is 4.79 Å². The second-order valence-electron chi connectivity index (χ2n) is 4.66. The molecule has 0 amide bonds. The topological polar surface area (TPSA) is 48.1 Å². The van der Waals surface area contributed by atoms with Gasteiger partial charge in [-0.05, 0) is 30.9 Å². The number of hydrogen-bond acceptors (Lipinski definition) is 4. The Morgan fingerprint density at radius 1 is 1.56 bits per heavy atom. The van der Waals surface area contributed by atoms with E-state index in [1.807, 2.05) is 0 Å². The monoisotopic (exact) mass is 258 g/mol. The number of halogens is 2. The first-order chi connectivity index (χ1) is 8.64. The lowest BCUT2D eigenvalue weighted by atomic mass is 10.00. The first kappa shape index (κ1) is 11.6. The molecule has 2 fully saturated rings. The quantitative estimate of drug-likeness (QED) is 0.538. The van der Waals surface area contributed by atoms with E-state index in [4.69, 9.17) is 9.47 Å². The number of fused-ring (bicyclic) bond motifs is 1. The first-order valence-electron chi connectivity index (χ1n) is 5.80. The third-order valence-electron chi connectivity index (χ3n) is 3.22. The summed E-state index contributed by atoms with van der Waals surface area (Å²) in [5.41, 5.74) is -1.03. The highest BCUT2D eigenvalue weighted by molar-refractivity contribution is 5.74. The Morgan fingerprint density at radius 2 is 2.33 bits per heavy atom. The van der Waals surface area contributed by atoms with Gasteiger partial charge in [0.05, 0.1) is 6.61 Å². The number of carbonyl (C=O) groups excluding carboxylic acids is 1. The molecule has 0 radical (unpaired) electrons. The summed E-state index contributed by atoms with van der Waals surface area (Å²) in [7, 11) is 0. The zero-order valence-electron chi connectivity index (χ0n) is 9.47. The summed E-state index contributed by atoms with van der Waals surface area (Å²) in [6.45, 7) is -2.47. The van der Waals surface area contributed by atoms with E-state index in [2.05, 4.69) is 4.74 Å². The number of rotatable bonds is 6. The molecule has 2 atom stereocenters. The fourth-order valence-electron chi connectivity index (χ4n) is 1.93. The molecule has 0 aromatic rings. The maximum Gasteiger partial charge on any atom is 0.387 e. The van der Waals surface area contributed by atoms with Crippen LogP contribution in [0.25, 0.3) is 0 Å². The second kappa shape index (κ2) is 4.05. The average molecular weight is 258 g/mol. The van der Waals surface area contributed by atoms with Crippen molar-refractivity contribution in [2.75, 3.05) is 6.61 Å². The Morgan fingerprint density at radius 3 is 2.94 bits per heavy atom. The van der Waals surface area contributed by atoms with Crippen molar-refractivity contribution < 1.29 is 27.8 Å². The molecule has 0 aromatic heterocycles. The highest BCUT2D eigenvalue weighted by Gasteiger charge is 2.61. The minimum atomic E-state index is -2.92. The molecule has 2 aliphatic carbocycles. The average Bonchev–Trinajstić information content (AvgIpc) is 3.21. The molecule has 4 nitrogen and oxygen atoms in total.